The number of hydrogen-bond acceptors (Lipinski definition) is 6. The van der Waals surface area contributed by atoms with Crippen LogP contribution in [0.5, 0.6) is 0 Å². The molecule has 0 aliphatic carbocycles. The summed E-state index contributed by atoms with van der Waals surface area (Å²) in [5.74, 6) is -0.553. The maximum absolute atomic E-state index is 13.0. The van der Waals surface area contributed by atoms with Crippen molar-refractivity contribution in [1.82, 2.24) is 4.90 Å². The molecule has 1 unspecified atom stereocenters. The Kier molecular flexibility index (Phi) is 5.64. The van der Waals surface area contributed by atoms with Crippen LogP contribution >= 0.6 is 23.2 Å². The van der Waals surface area contributed by atoms with Crippen LogP contribution in [-0.2, 0) is 9.59 Å². The van der Waals surface area contributed by atoms with Gasteiger partial charge in [0.2, 0.25) is 5.91 Å². The summed E-state index contributed by atoms with van der Waals surface area (Å²) in [4.78, 5) is 41.2. The van der Waals surface area contributed by atoms with Gasteiger partial charge < -0.3 is 4.90 Å². The molecule has 0 saturated carbocycles. The SMILES string of the molecule is O=C1CC(N2CCN(c3ccc([N+](=O)[O-])cc3)CC2)C(=O)N1c1cc(Cl)cc(Cl)c1. The minimum atomic E-state index is -0.519. The van der Waals surface area contributed by atoms with Crippen LogP contribution in [0.15, 0.2) is 42.5 Å². The highest BCUT2D eigenvalue weighted by Gasteiger charge is 2.43. The number of imide groups is 1. The van der Waals surface area contributed by atoms with Crippen LogP contribution < -0.4 is 9.80 Å². The van der Waals surface area contributed by atoms with E-state index in [1.54, 1.807) is 30.3 Å². The van der Waals surface area contributed by atoms with Crippen LogP contribution in [-0.4, -0.2) is 53.9 Å². The first kappa shape index (κ1) is 20.6. The number of carbonyl (C=O) groups is 2. The molecule has 2 aromatic rings. The number of rotatable bonds is 4. The maximum Gasteiger partial charge on any atom is 0.269 e. The highest BCUT2D eigenvalue weighted by atomic mass is 35.5. The van der Waals surface area contributed by atoms with Crippen molar-refractivity contribution in [3.05, 3.63) is 62.6 Å². The largest absolute Gasteiger partial charge is 0.369 e. The number of benzene rings is 2. The molecule has 2 aliphatic heterocycles. The van der Waals surface area contributed by atoms with E-state index in [2.05, 4.69) is 4.90 Å². The van der Waals surface area contributed by atoms with Crippen molar-refractivity contribution in [1.29, 1.82) is 0 Å². The maximum atomic E-state index is 13.0. The molecule has 0 aromatic heterocycles. The molecule has 30 heavy (non-hydrogen) atoms. The zero-order valence-corrected chi connectivity index (χ0v) is 17.3. The molecule has 1 atom stereocenters. The van der Waals surface area contributed by atoms with Gasteiger partial charge in [-0.1, -0.05) is 23.2 Å². The third-order valence-electron chi connectivity index (χ3n) is 5.41. The Hall–Kier alpha value is -2.68. The van der Waals surface area contributed by atoms with E-state index in [0.29, 0.717) is 41.9 Å². The molecular weight excluding hydrogens is 431 g/mol. The number of halogens is 2. The lowest BCUT2D eigenvalue weighted by Gasteiger charge is -2.38. The highest BCUT2D eigenvalue weighted by Crippen LogP contribution is 2.31. The Labute approximate surface area is 182 Å². The summed E-state index contributed by atoms with van der Waals surface area (Å²) in [7, 11) is 0. The second kappa shape index (κ2) is 8.22. The Morgan fingerprint density at radius 3 is 2.07 bits per heavy atom. The third kappa shape index (κ3) is 3.98. The number of nitro groups is 1. The fourth-order valence-electron chi connectivity index (χ4n) is 3.92. The van der Waals surface area contributed by atoms with E-state index in [4.69, 9.17) is 23.2 Å². The number of carbonyl (C=O) groups excluding carboxylic acids is 2. The summed E-state index contributed by atoms with van der Waals surface area (Å²) in [6.45, 7) is 2.51. The summed E-state index contributed by atoms with van der Waals surface area (Å²) >= 11 is 12.0. The molecule has 4 rings (SSSR count). The fourth-order valence-corrected chi connectivity index (χ4v) is 4.43. The van der Waals surface area contributed by atoms with Crippen molar-refractivity contribution in [2.45, 2.75) is 12.5 Å². The van der Waals surface area contributed by atoms with E-state index in [9.17, 15) is 19.7 Å². The number of anilines is 2. The van der Waals surface area contributed by atoms with Gasteiger partial charge >= 0.3 is 0 Å². The molecular formula is C20H18Cl2N4O4. The van der Waals surface area contributed by atoms with Crippen molar-refractivity contribution >= 4 is 52.1 Å². The molecule has 0 N–H and O–H groups in total. The van der Waals surface area contributed by atoms with Gasteiger partial charge in [0.05, 0.1) is 23.1 Å². The Balaban J connectivity index is 1.43. The summed E-state index contributed by atoms with van der Waals surface area (Å²) in [5, 5.41) is 11.5. The average Bonchev–Trinajstić information content (AvgIpc) is 3.01. The molecule has 0 bridgehead atoms. The van der Waals surface area contributed by atoms with Crippen molar-refractivity contribution in [3.8, 4) is 0 Å². The van der Waals surface area contributed by atoms with Crippen molar-refractivity contribution in [2.24, 2.45) is 0 Å². The van der Waals surface area contributed by atoms with Crippen LogP contribution in [0.3, 0.4) is 0 Å². The normalized spacial score (nSPS) is 20.1. The van der Waals surface area contributed by atoms with Crippen molar-refractivity contribution in [2.75, 3.05) is 36.0 Å². The molecule has 0 radical (unpaired) electrons. The van der Waals surface area contributed by atoms with Gasteiger partial charge in [-0.3, -0.25) is 24.6 Å². The topological polar surface area (TPSA) is 87.0 Å². The van der Waals surface area contributed by atoms with E-state index < -0.39 is 11.0 Å². The smallest absolute Gasteiger partial charge is 0.269 e. The molecule has 10 heteroatoms. The standard InChI is InChI=1S/C20H18Cl2N4O4/c21-13-9-14(22)11-17(10-13)25-19(27)12-18(20(25)28)24-7-5-23(6-8-24)15-1-3-16(4-2-15)26(29)30/h1-4,9-11,18H,5-8,12H2. The van der Waals surface area contributed by atoms with Gasteiger partial charge in [-0.2, -0.15) is 0 Å². The lowest BCUT2D eigenvalue weighted by atomic mass is 10.1. The molecule has 2 amide bonds. The summed E-state index contributed by atoms with van der Waals surface area (Å²) < 4.78 is 0. The summed E-state index contributed by atoms with van der Waals surface area (Å²) in [5.41, 5.74) is 1.33. The van der Waals surface area contributed by atoms with E-state index in [1.807, 2.05) is 4.90 Å². The van der Waals surface area contributed by atoms with E-state index in [0.717, 1.165) is 10.6 Å². The number of nitrogens with zero attached hydrogens (tertiary/aromatic N) is 4. The lowest BCUT2D eigenvalue weighted by Crippen LogP contribution is -2.52. The molecule has 2 aliphatic rings. The quantitative estimate of drug-likeness (QED) is 0.404. The van der Waals surface area contributed by atoms with Crippen LogP contribution in [0.1, 0.15) is 6.42 Å². The van der Waals surface area contributed by atoms with Crippen LogP contribution in [0, 0.1) is 10.1 Å². The van der Waals surface area contributed by atoms with Crippen LogP contribution in [0.4, 0.5) is 17.1 Å². The Morgan fingerprint density at radius 1 is 0.900 bits per heavy atom. The van der Waals surface area contributed by atoms with Crippen molar-refractivity contribution in [3.63, 3.8) is 0 Å². The Morgan fingerprint density at radius 2 is 1.50 bits per heavy atom. The first-order chi connectivity index (χ1) is 14.3. The second-order valence-electron chi connectivity index (χ2n) is 7.21. The van der Waals surface area contributed by atoms with Gasteiger partial charge in [-0.05, 0) is 30.3 Å². The number of non-ortho nitro benzene ring substituents is 1. The minimum absolute atomic E-state index is 0.0497. The predicted molar refractivity (Wildman–Crippen MR) is 114 cm³/mol. The van der Waals surface area contributed by atoms with Gasteiger partial charge in [0.25, 0.3) is 11.6 Å². The van der Waals surface area contributed by atoms with E-state index in [-0.39, 0.29) is 23.9 Å². The van der Waals surface area contributed by atoms with Gasteiger partial charge in [0.1, 0.15) is 0 Å². The van der Waals surface area contributed by atoms with Gasteiger partial charge in [-0.25, -0.2) is 4.90 Å². The molecule has 8 nitrogen and oxygen atoms in total. The zero-order valence-electron chi connectivity index (χ0n) is 15.8. The molecule has 2 aromatic carbocycles. The monoisotopic (exact) mass is 448 g/mol. The molecule has 2 fully saturated rings. The van der Waals surface area contributed by atoms with Crippen LogP contribution in [0.2, 0.25) is 10.0 Å². The minimum Gasteiger partial charge on any atom is -0.369 e. The lowest BCUT2D eigenvalue weighted by molar-refractivity contribution is -0.384. The molecule has 156 valence electrons. The molecule has 0 spiro atoms. The van der Waals surface area contributed by atoms with E-state index in [1.165, 1.54) is 12.1 Å². The van der Waals surface area contributed by atoms with Gasteiger partial charge in [0.15, 0.2) is 0 Å². The van der Waals surface area contributed by atoms with Crippen molar-refractivity contribution < 1.29 is 14.5 Å². The highest BCUT2D eigenvalue weighted by molar-refractivity contribution is 6.35. The second-order valence-corrected chi connectivity index (χ2v) is 8.08. The summed E-state index contributed by atoms with van der Waals surface area (Å²) in [6.07, 6.45) is 0.112. The number of piperazine rings is 1. The van der Waals surface area contributed by atoms with Gasteiger partial charge in [0, 0.05) is 54.0 Å². The fraction of sp³-hybridized carbons (Fsp3) is 0.300. The molecule has 2 saturated heterocycles. The number of nitro benzene ring substituents is 1. The first-order valence-electron chi connectivity index (χ1n) is 9.40. The first-order valence-corrected chi connectivity index (χ1v) is 10.2. The predicted octanol–water partition coefficient (Wildman–Crippen LogP) is 3.36. The zero-order chi connectivity index (χ0) is 21.4. The van der Waals surface area contributed by atoms with E-state index >= 15 is 0 Å². The molecule has 2 heterocycles. The average molecular weight is 449 g/mol. The number of hydrogen-bond donors (Lipinski definition) is 0. The summed E-state index contributed by atoms with van der Waals surface area (Å²) in [6, 6.07) is 10.5. The third-order valence-corrected chi connectivity index (χ3v) is 5.85. The van der Waals surface area contributed by atoms with Gasteiger partial charge in [-0.15, -0.1) is 0 Å². The number of amides is 2. The Bertz CT molecular complexity index is 986. The van der Waals surface area contributed by atoms with Crippen LogP contribution in [0.25, 0.3) is 0 Å².